The smallest absolute Gasteiger partial charge is 0.127 e. The number of hydrazine groups is 1. The molecule has 2 fully saturated rings. The van der Waals surface area contributed by atoms with Crippen molar-refractivity contribution in [3.63, 3.8) is 0 Å². The van der Waals surface area contributed by atoms with Crippen molar-refractivity contribution in [3.8, 4) is 11.5 Å². The Morgan fingerprint density at radius 3 is 2.53 bits per heavy atom. The van der Waals surface area contributed by atoms with Gasteiger partial charge in [0.15, 0.2) is 0 Å². The van der Waals surface area contributed by atoms with E-state index >= 15 is 0 Å². The molecule has 6 nitrogen and oxygen atoms in total. The number of hydrogen-bond acceptors (Lipinski definition) is 6. The summed E-state index contributed by atoms with van der Waals surface area (Å²) in [4.78, 5) is 2.57. The van der Waals surface area contributed by atoms with E-state index in [0.717, 1.165) is 50.5 Å². The molecule has 2 aromatic carbocycles. The SMILES string of the molecule is COc1ccc(C2NNCC2CN2CCC(OCc3ccccc3)CC2)c(OC)c1. The Morgan fingerprint density at radius 1 is 1.00 bits per heavy atom. The van der Waals surface area contributed by atoms with E-state index in [0.29, 0.717) is 18.6 Å². The summed E-state index contributed by atoms with van der Waals surface area (Å²) < 4.78 is 17.1. The lowest BCUT2D eigenvalue weighted by atomic mass is 9.92. The molecule has 2 atom stereocenters. The lowest BCUT2D eigenvalue weighted by Crippen LogP contribution is -2.41. The Morgan fingerprint density at radius 2 is 1.80 bits per heavy atom. The van der Waals surface area contributed by atoms with E-state index in [1.54, 1.807) is 14.2 Å². The summed E-state index contributed by atoms with van der Waals surface area (Å²) in [6.45, 7) is 4.89. The van der Waals surface area contributed by atoms with Crippen LogP contribution in [0.25, 0.3) is 0 Å². The van der Waals surface area contributed by atoms with Crippen molar-refractivity contribution < 1.29 is 14.2 Å². The zero-order chi connectivity index (χ0) is 20.8. The largest absolute Gasteiger partial charge is 0.497 e. The third kappa shape index (κ3) is 5.13. The van der Waals surface area contributed by atoms with Gasteiger partial charge in [-0.25, -0.2) is 5.43 Å². The molecule has 2 N–H and O–H groups in total. The topological polar surface area (TPSA) is 55.0 Å². The summed E-state index contributed by atoms with van der Waals surface area (Å²) in [7, 11) is 3.40. The number of piperidine rings is 1. The number of hydrogen-bond donors (Lipinski definition) is 2. The third-order valence-electron chi connectivity index (χ3n) is 6.22. The van der Waals surface area contributed by atoms with Gasteiger partial charge in [0.1, 0.15) is 11.5 Å². The zero-order valence-electron chi connectivity index (χ0n) is 18.0. The minimum atomic E-state index is 0.220. The normalized spacial score (nSPS) is 22.9. The second-order valence-corrected chi connectivity index (χ2v) is 8.17. The Balaban J connectivity index is 1.29. The molecule has 30 heavy (non-hydrogen) atoms. The molecule has 0 amide bonds. The predicted octanol–water partition coefficient (Wildman–Crippen LogP) is 3.15. The molecule has 0 saturated carbocycles. The van der Waals surface area contributed by atoms with Crippen molar-refractivity contribution in [2.24, 2.45) is 5.92 Å². The maximum absolute atomic E-state index is 6.15. The molecule has 2 aliphatic heterocycles. The molecule has 162 valence electrons. The molecule has 6 heteroatoms. The van der Waals surface area contributed by atoms with Crippen LogP contribution in [0.5, 0.6) is 11.5 Å². The van der Waals surface area contributed by atoms with Crippen LogP contribution in [0.2, 0.25) is 0 Å². The van der Waals surface area contributed by atoms with Gasteiger partial charge in [0.05, 0.1) is 33.0 Å². The Hall–Kier alpha value is -2.12. The average Bonchev–Trinajstić information content (AvgIpc) is 3.26. The lowest BCUT2D eigenvalue weighted by molar-refractivity contribution is -0.00507. The van der Waals surface area contributed by atoms with Crippen LogP contribution in [-0.2, 0) is 11.3 Å². The fourth-order valence-electron chi connectivity index (χ4n) is 4.49. The molecular formula is C24H33N3O3. The Bertz CT molecular complexity index is 794. The molecule has 2 unspecified atom stereocenters. The summed E-state index contributed by atoms with van der Waals surface area (Å²) >= 11 is 0. The van der Waals surface area contributed by atoms with Crippen LogP contribution in [-0.4, -0.2) is 51.4 Å². The molecule has 0 radical (unpaired) electrons. The molecule has 0 aliphatic carbocycles. The number of nitrogens with zero attached hydrogens (tertiary/aromatic N) is 1. The molecular weight excluding hydrogens is 378 g/mol. The van der Waals surface area contributed by atoms with Crippen molar-refractivity contribution in [1.82, 2.24) is 15.8 Å². The van der Waals surface area contributed by atoms with Gasteiger partial charge in [-0.1, -0.05) is 36.4 Å². The number of benzene rings is 2. The van der Waals surface area contributed by atoms with E-state index in [4.69, 9.17) is 14.2 Å². The first-order valence-electron chi connectivity index (χ1n) is 10.8. The first kappa shape index (κ1) is 21.1. The lowest BCUT2D eigenvalue weighted by Gasteiger charge is -2.34. The van der Waals surface area contributed by atoms with Crippen LogP contribution in [0.1, 0.15) is 30.0 Å². The number of nitrogens with one attached hydrogen (secondary N) is 2. The first-order valence-corrected chi connectivity index (χ1v) is 10.8. The summed E-state index contributed by atoms with van der Waals surface area (Å²) in [6, 6.07) is 16.7. The fraction of sp³-hybridized carbons (Fsp3) is 0.500. The Labute approximate surface area is 179 Å². The summed E-state index contributed by atoms with van der Waals surface area (Å²) in [5.74, 6) is 2.17. The van der Waals surface area contributed by atoms with Crippen LogP contribution in [0.3, 0.4) is 0 Å². The predicted molar refractivity (Wildman–Crippen MR) is 118 cm³/mol. The molecule has 0 aromatic heterocycles. The number of ether oxygens (including phenoxy) is 3. The van der Waals surface area contributed by atoms with Crippen molar-refractivity contribution in [2.75, 3.05) is 40.4 Å². The molecule has 2 aliphatic rings. The highest BCUT2D eigenvalue weighted by atomic mass is 16.5. The van der Waals surface area contributed by atoms with Crippen LogP contribution in [0, 0.1) is 5.92 Å². The van der Waals surface area contributed by atoms with Gasteiger partial charge in [-0.2, -0.15) is 0 Å². The van der Waals surface area contributed by atoms with Crippen LogP contribution >= 0.6 is 0 Å². The van der Waals surface area contributed by atoms with Gasteiger partial charge in [0, 0.05) is 43.7 Å². The molecule has 2 heterocycles. The summed E-state index contributed by atoms with van der Waals surface area (Å²) in [5, 5.41) is 0. The molecule has 4 rings (SSSR count). The average molecular weight is 412 g/mol. The van der Waals surface area contributed by atoms with Crippen molar-refractivity contribution in [3.05, 3.63) is 59.7 Å². The quantitative estimate of drug-likeness (QED) is 0.696. The minimum absolute atomic E-state index is 0.220. The second kappa shape index (κ2) is 10.3. The van der Waals surface area contributed by atoms with E-state index < -0.39 is 0 Å². The van der Waals surface area contributed by atoms with E-state index in [-0.39, 0.29) is 6.04 Å². The Kier molecular flexibility index (Phi) is 7.23. The van der Waals surface area contributed by atoms with Crippen molar-refractivity contribution in [1.29, 1.82) is 0 Å². The van der Waals surface area contributed by atoms with Crippen LogP contribution in [0.4, 0.5) is 0 Å². The van der Waals surface area contributed by atoms with Gasteiger partial charge < -0.3 is 19.1 Å². The number of methoxy groups -OCH3 is 2. The first-order chi connectivity index (χ1) is 14.8. The van der Waals surface area contributed by atoms with E-state index in [2.05, 4.69) is 46.1 Å². The van der Waals surface area contributed by atoms with Crippen LogP contribution in [0.15, 0.2) is 48.5 Å². The van der Waals surface area contributed by atoms with Crippen LogP contribution < -0.4 is 20.3 Å². The zero-order valence-corrected chi connectivity index (χ0v) is 18.0. The van der Waals surface area contributed by atoms with Gasteiger partial charge in [-0.15, -0.1) is 0 Å². The van der Waals surface area contributed by atoms with Gasteiger partial charge in [0.25, 0.3) is 0 Å². The van der Waals surface area contributed by atoms with Gasteiger partial charge in [-0.3, -0.25) is 5.43 Å². The van der Waals surface area contributed by atoms with Crippen molar-refractivity contribution >= 4 is 0 Å². The van der Waals surface area contributed by atoms with Crippen molar-refractivity contribution in [2.45, 2.75) is 31.6 Å². The second-order valence-electron chi connectivity index (χ2n) is 8.17. The van der Waals surface area contributed by atoms with Gasteiger partial charge in [-0.05, 0) is 24.5 Å². The molecule has 2 saturated heterocycles. The standard InChI is InChI=1S/C24H33N3O3/c1-28-21-8-9-22(23(14-21)29-2)24-19(15-25-26-24)16-27-12-10-20(11-13-27)30-17-18-6-4-3-5-7-18/h3-9,14,19-20,24-26H,10-13,15-17H2,1-2H3. The summed E-state index contributed by atoms with van der Waals surface area (Å²) in [5.41, 5.74) is 9.22. The molecule has 0 bridgehead atoms. The van der Waals surface area contributed by atoms with Gasteiger partial charge in [0.2, 0.25) is 0 Å². The van der Waals surface area contributed by atoms with E-state index in [9.17, 15) is 0 Å². The highest BCUT2D eigenvalue weighted by molar-refractivity contribution is 5.43. The highest BCUT2D eigenvalue weighted by Gasteiger charge is 2.33. The molecule has 2 aromatic rings. The molecule has 0 spiro atoms. The van der Waals surface area contributed by atoms with E-state index in [1.807, 2.05) is 18.2 Å². The van der Waals surface area contributed by atoms with E-state index in [1.165, 1.54) is 11.1 Å². The highest BCUT2D eigenvalue weighted by Crippen LogP contribution is 2.35. The third-order valence-corrected chi connectivity index (χ3v) is 6.22. The number of rotatable bonds is 8. The monoisotopic (exact) mass is 411 g/mol. The number of likely N-dealkylation sites (tertiary alicyclic amines) is 1. The summed E-state index contributed by atoms with van der Waals surface area (Å²) in [6.07, 6.45) is 2.55. The fourth-order valence-corrected chi connectivity index (χ4v) is 4.49. The maximum atomic E-state index is 6.15. The minimum Gasteiger partial charge on any atom is -0.497 e. The maximum Gasteiger partial charge on any atom is 0.127 e. The van der Waals surface area contributed by atoms with Gasteiger partial charge >= 0.3 is 0 Å².